The summed E-state index contributed by atoms with van der Waals surface area (Å²) in [6.45, 7) is 12.4. The average Bonchev–Trinajstić information content (AvgIpc) is 2.75. The third-order valence-corrected chi connectivity index (χ3v) is 5.84. The molecule has 0 aromatic heterocycles. The molecule has 3 rings (SSSR count). The van der Waals surface area contributed by atoms with Gasteiger partial charge in [-0.15, -0.1) is 0 Å². The molecule has 0 aliphatic rings. The maximum Gasteiger partial charge on any atom is 0.243 e. The molecule has 4 heteroatoms. The number of nitrogens with zero attached hydrogens (tertiary/aromatic N) is 1. The monoisotopic (exact) mass is 470 g/mol. The van der Waals surface area contributed by atoms with E-state index in [9.17, 15) is 9.59 Å². The average molecular weight is 471 g/mol. The van der Waals surface area contributed by atoms with Gasteiger partial charge < -0.3 is 10.2 Å². The van der Waals surface area contributed by atoms with Crippen molar-refractivity contribution >= 4 is 11.8 Å². The van der Waals surface area contributed by atoms with Crippen LogP contribution < -0.4 is 5.32 Å². The van der Waals surface area contributed by atoms with Crippen molar-refractivity contribution in [1.29, 1.82) is 0 Å². The number of aryl methyl sites for hydroxylation is 3. The standard InChI is InChI=1S/C31H38N2O2/c1-22-11-10-14-26(16-22)21-33(29(34)20-27-17-23(2)15-24(3)18-27)28(30(35)32-31(4,5)6)19-25-12-8-7-9-13-25/h7-18,28H,19-21H2,1-6H3,(H,32,35)/t28-/m1/s1. The van der Waals surface area contributed by atoms with Crippen molar-refractivity contribution in [1.82, 2.24) is 10.2 Å². The van der Waals surface area contributed by atoms with Gasteiger partial charge in [-0.3, -0.25) is 9.59 Å². The Morgan fingerprint density at radius 1 is 0.771 bits per heavy atom. The van der Waals surface area contributed by atoms with Gasteiger partial charge in [0.1, 0.15) is 6.04 Å². The smallest absolute Gasteiger partial charge is 0.243 e. The fourth-order valence-electron chi connectivity index (χ4n) is 4.46. The second kappa shape index (κ2) is 11.4. The highest BCUT2D eigenvalue weighted by atomic mass is 16.2. The summed E-state index contributed by atoms with van der Waals surface area (Å²) >= 11 is 0. The minimum Gasteiger partial charge on any atom is -0.350 e. The van der Waals surface area contributed by atoms with E-state index in [1.165, 1.54) is 0 Å². The molecule has 0 heterocycles. The summed E-state index contributed by atoms with van der Waals surface area (Å²) in [5.41, 5.74) is 5.99. The minimum atomic E-state index is -0.629. The Kier molecular flexibility index (Phi) is 8.50. The van der Waals surface area contributed by atoms with Crippen molar-refractivity contribution < 1.29 is 9.59 Å². The Balaban J connectivity index is 2.01. The number of rotatable bonds is 8. The fourth-order valence-corrected chi connectivity index (χ4v) is 4.46. The normalized spacial score (nSPS) is 12.2. The summed E-state index contributed by atoms with van der Waals surface area (Å²) < 4.78 is 0. The molecule has 0 aliphatic carbocycles. The van der Waals surface area contributed by atoms with Gasteiger partial charge in [0.15, 0.2) is 0 Å². The molecule has 0 saturated carbocycles. The van der Waals surface area contributed by atoms with E-state index in [0.717, 1.165) is 33.4 Å². The molecular weight excluding hydrogens is 432 g/mol. The van der Waals surface area contributed by atoms with Crippen molar-refractivity contribution in [2.45, 2.75) is 72.5 Å². The lowest BCUT2D eigenvalue weighted by atomic mass is 9.99. The van der Waals surface area contributed by atoms with Crippen LogP contribution >= 0.6 is 0 Å². The van der Waals surface area contributed by atoms with Crippen LogP contribution in [-0.4, -0.2) is 28.3 Å². The van der Waals surface area contributed by atoms with E-state index in [-0.39, 0.29) is 18.2 Å². The molecule has 0 unspecified atom stereocenters. The van der Waals surface area contributed by atoms with Crippen molar-refractivity contribution in [2.75, 3.05) is 0 Å². The topological polar surface area (TPSA) is 49.4 Å². The zero-order valence-electron chi connectivity index (χ0n) is 21.9. The Bertz CT molecular complexity index is 1140. The molecule has 0 fully saturated rings. The molecule has 2 amide bonds. The number of amides is 2. The van der Waals surface area contributed by atoms with Gasteiger partial charge in [0.2, 0.25) is 11.8 Å². The summed E-state index contributed by atoms with van der Waals surface area (Å²) in [4.78, 5) is 29.3. The zero-order chi connectivity index (χ0) is 25.6. The van der Waals surface area contributed by atoms with Gasteiger partial charge in [-0.1, -0.05) is 89.5 Å². The zero-order valence-corrected chi connectivity index (χ0v) is 21.9. The van der Waals surface area contributed by atoms with Crippen LogP contribution in [0.1, 0.15) is 54.2 Å². The largest absolute Gasteiger partial charge is 0.350 e. The lowest BCUT2D eigenvalue weighted by Gasteiger charge is -2.34. The molecule has 0 bridgehead atoms. The van der Waals surface area contributed by atoms with Gasteiger partial charge in [-0.2, -0.15) is 0 Å². The van der Waals surface area contributed by atoms with Crippen LogP contribution in [0.2, 0.25) is 0 Å². The molecule has 35 heavy (non-hydrogen) atoms. The van der Waals surface area contributed by atoms with Crippen LogP contribution in [-0.2, 0) is 29.0 Å². The SMILES string of the molecule is Cc1cc(C)cc(CC(=O)N(Cc2cccc(C)c2)[C@H](Cc2ccccc2)C(=O)NC(C)(C)C)c1. The summed E-state index contributed by atoms with van der Waals surface area (Å²) in [7, 11) is 0. The Hall–Kier alpha value is -3.40. The van der Waals surface area contributed by atoms with Crippen molar-refractivity contribution in [2.24, 2.45) is 0 Å². The molecule has 0 radical (unpaired) electrons. The van der Waals surface area contributed by atoms with Crippen molar-refractivity contribution in [3.63, 3.8) is 0 Å². The number of nitrogens with one attached hydrogen (secondary N) is 1. The van der Waals surface area contributed by atoms with Gasteiger partial charge in [0, 0.05) is 18.5 Å². The molecule has 3 aromatic rings. The molecule has 0 spiro atoms. The maximum atomic E-state index is 13.9. The van der Waals surface area contributed by atoms with Gasteiger partial charge in [-0.05, 0) is 58.2 Å². The van der Waals surface area contributed by atoms with E-state index in [2.05, 4.69) is 29.6 Å². The van der Waals surface area contributed by atoms with E-state index in [0.29, 0.717) is 13.0 Å². The van der Waals surface area contributed by atoms with Gasteiger partial charge in [0.05, 0.1) is 6.42 Å². The number of carbonyl (C=O) groups is 2. The van der Waals surface area contributed by atoms with Crippen LogP contribution in [0.3, 0.4) is 0 Å². The Labute approximate surface area is 210 Å². The summed E-state index contributed by atoms with van der Waals surface area (Å²) in [5, 5.41) is 3.12. The first kappa shape index (κ1) is 26.2. The molecule has 1 atom stereocenters. The number of hydrogen-bond donors (Lipinski definition) is 1. The summed E-state index contributed by atoms with van der Waals surface area (Å²) in [6.07, 6.45) is 0.704. The van der Waals surface area contributed by atoms with Gasteiger partial charge in [0.25, 0.3) is 0 Å². The summed E-state index contributed by atoms with van der Waals surface area (Å²) in [6, 6.07) is 23.6. The van der Waals surface area contributed by atoms with E-state index < -0.39 is 11.6 Å². The fraction of sp³-hybridized carbons (Fsp3) is 0.355. The van der Waals surface area contributed by atoms with Crippen LogP contribution in [0.15, 0.2) is 72.8 Å². The molecule has 1 N–H and O–H groups in total. The molecule has 184 valence electrons. The number of carbonyl (C=O) groups excluding carboxylic acids is 2. The molecule has 0 saturated heterocycles. The molecular formula is C31H38N2O2. The first-order chi connectivity index (χ1) is 16.5. The maximum absolute atomic E-state index is 13.9. The third kappa shape index (κ3) is 8.10. The second-order valence-electron chi connectivity index (χ2n) is 10.6. The molecule has 3 aromatic carbocycles. The highest BCUT2D eigenvalue weighted by Crippen LogP contribution is 2.19. The first-order valence-corrected chi connectivity index (χ1v) is 12.3. The first-order valence-electron chi connectivity index (χ1n) is 12.3. The second-order valence-corrected chi connectivity index (χ2v) is 10.6. The highest BCUT2D eigenvalue weighted by molar-refractivity contribution is 5.89. The van der Waals surface area contributed by atoms with E-state index in [1.54, 1.807) is 4.90 Å². The van der Waals surface area contributed by atoms with Crippen LogP contribution in [0, 0.1) is 20.8 Å². The van der Waals surface area contributed by atoms with Gasteiger partial charge >= 0.3 is 0 Å². The Morgan fingerprint density at radius 2 is 1.37 bits per heavy atom. The number of benzene rings is 3. The molecule has 0 aliphatic heterocycles. The quantitative estimate of drug-likeness (QED) is 0.458. The van der Waals surface area contributed by atoms with E-state index in [4.69, 9.17) is 0 Å². The highest BCUT2D eigenvalue weighted by Gasteiger charge is 2.32. The predicted molar refractivity (Wildman–Crippen MR) is 143 cm³/mol. The lowest BCUT2D eigenvalue weighted by Crippen LogP contribution is -2.54. The van der Waals surface area contributed by atoms with Crippen LogP contribution in [0.4, 0.5) is 0 Å². The Morgan fingerprint density at radius 3 is 1.97 bits per heavy atom. The van der Waals surface area contributed by atoms with Gasteiger partial charge in [-0.25, -0.2) is 0 Å². The molecule has 4 nitrogen and oxygen atoms in total. The van der Waals surface area contributed by atoms with Crippen molar-refractivity contribution in [3.05, 3.63) is 106 Å². The van der Waals surface area contributed by atoms with Crippen LogP contribution in [0.25, 0.3) is 0 Å². The van der Waals surface area contributed by atoms with Crippen molar-refractivity contribution in [3.8, 4) is 0 Å². The van der Waals surface area contributed by atoms with Crippen LogP contribution in [0.5, 0.6) is 0 Å². The van der Waals surface area contributed by atoms with E-state index >= 15 is 0 Å². The third-order valence-electron chi connectivity index (χ3n) is 5.84. The lowest BCUT2D eigenvalue weighted by molar-refractivity contribution is -0.141. The summed E-state index contributed by atoms with van der Waals surface area (Å²) in [5.74, 6) is -0.190. The van der Waals surface area contributed by atoms with E-state index in [1.807, 2.05) is 90.1 Å². The predicted octanol–water partition coefficient (Wildman–Crippen LogP) is 5.71. The minimum absolute atomic E-state index is 0.0542. The number of hydrogen-bond acceptors (Lipinski definition) is 2.